The van der Waals surface area contributed by atoms with E-state index in [0.29, 0.717) is 5.92 Å². The van der Waals surface area contributed by atoms with Crippen LogP contribution in [0, 0.1) is 5.92 Å². The van der Waals surface area contributed by atoms with Crippen molar-refractivity contribution >= 4 is 5.69 Å². The predicted molar refractivity (Wildman–Crippen MR) is 60.0 cm³/mol. The number of nitrogen functional groups attached to an aromatic ring is 1. The van der Waals surface area contributed by atoms with Crippen molar-refractivity contribution in [1.29, 1.82) is 0 Å². The summed E-state index contributed by atoms with van der Waals surface area (Å²) in [6.45, 7) is 0.813. The van der Waals surface area contributed by atoms with Crippen LogP contribution < -0.4 is 11.5 Å². The van der Waals surface area contributed by atoms with Crippen LogP contribution in [0.15, 0.2) is 18.2 Å². The van der Waals surface area contributed by atoms with Crippen LogP contribution in [0.5, 0.6) is 0 Å². The number of nitrogens with two attached hydrogens (primary N) is 2. The van der Waals surface area contributed by atoms with E-state index in [-0.39, 0.29) is 0 Å². The van der Waals surface area contributed by atoms with Crippen LogP contribution in [0.1, 0.15) is 24.0 Å². The van der Waals surface area contributed by atoms with Crippen LogP contribution in [0.2, 0.25) is 0 Å². The third-order valence-corrected chi connectivity index (χ3v) is 3.27. The standard InChI is InChI=1S/C12H18N2/c13-8-9-4-6-10-2-1-3-12(14)11(10)7-5-9/h1-3,9H,4-8,13-14H2. The van der Waals surface area contributed by atoms with Gasteiger partial charge in [-0.1, -0.05) is 12.1 Å². The van der Waals surface area contributed by atoms with Gasteiger partial charge < -0.3 is 11.5 Å². The fraction of sp³-hybridized carbons (Fsp3) is 0.500. The summed E-state index contributed by atoms with van der Waals surface area (Å²) in [5, 5.41) is 0. The molecule has 0 aromatic heterocycles. The van der Waals surface area contributed by atoms with Crippen molar-refractivity contribution in [2.75, 3.05) is 12.3 Å². The minimum atomic E-state index is 0.682. The summed E-state index contributed by atoms with van der Waals surface area (Å²) in [5.74, 6) is 0.682. The third-order valence-electron chi connectivity index (χ3n) is 3.27. The molecule has 1 aromatic carbocycles. The SMILES string of the molecule is NCC1CCc2cccc(N)c2CC1. The average Bonchev–Trinajstić information content (AvgIpc) is 2.41. The molecule has 0 bridgehead atoms. The summed E-state index contributed by atoms with van der Waals surface area (Å²) in [5.41, 5.74) is 15.4. The van der Waals surface area contributed by atoms with E-state index in [1.807, 2.05) is 6.07 Å². The zero-order chi connectivity index (χ0) is 9.97. The molecular weight excluding hydrogens is 172 g/mol. The van der Waals surface area contributed by atoms with Crippen molar-refractivity contribution in [3.8, 4) is 0 Å². The van der Waals surface area contributed by atoms with E-state index < -0.39 is 0 Å². The van der Waals surface area contributed by atoms with Crippen LogP contribution >= 0.6 is 0 Å². The molecule has 0 amide bonds. The van der Waals surface area contributed by atoms with Gasteiger partial charge in [0.15, 0.2) is 0 Å². The number of benzene rings is 1. The Bertz CT molecular complexity index is 320. The number of hydrogen-bond donors (Lipinski definition) is 2. The highest BCUT2D eigenvalue weighted by molar-refractivity contribution is 5.51. The lowest BCUT2D eigenvalue weighted by Gasteiger charge is -2.09. The maximum atomic E-state index is 5.97. The van der Waals surface area contributed by atoms with Crippen LogP contribution in [-0.4, -0.2) is 6.54 Å². The first kappa shape index (κ1) is 9.53. The second-order valence-corrected chi connectivity index (χ2v) is 4.16. The Hall–Kier alpha value is -1.02. The van der Waals surface area contributed by atoms with E-state index in [9.17, 15) is 0 Å². The molecule has 0 fully saturated rings. The number of hydrogen-bond acceptors (Lipinski definition) is 2. The highest BCUT2D eigenvalue weighted by Crippen LogP contribution is 2.27. The Labute approximate surface area is 85.3 Å². The zero-order valence-corrected chi connectivity index (χ0v) is 8.50. The minimum Gasteiger partial charge on any atom is -0.398 e. The van der Waals surface area contributed by atoms with E-state index in [1.165, 1.54) is 24.0 Å². The quantitative estimate of drug-likeness (QED) is 0.523. The Kier molecular flexibility index (Phi) is 2.73. The summed E-state index contributed by atoms with van der Waals surface area (Å²) in [6.07, 6.45) is 4.65. The van der Waals surface area contributed by atoms with Crippen molar-refractivity contribution in [1.82, 2.24) is 0 Å². The first-order valence-corrected chi connectivity index (χ1v) is 5.37. The van der Waals surface area contributed by atoms with Gasteiger partial charge in [-0.15, -0.1) is 0 Å². The van der Waals surface area contributed by atoms with Gasteiger partial charge in [0.25, 0.3) is 0 Å². The molecule has 1 aliphatic carbocycles. The molecule has 0 saturated carbocycles. The number of aryl methyl sites for hydroxylation is 1. The van der Waals surface area contributed by atoms with E-state index in [4.69, 9.17) is 11.5 Å². The van der Waals surface area contributed by atoms with Crippen LogP contribution in [0.3, 0.4) is 0 Å². The monoisotopic (exact) mass is 190 g/mol. The van der Waals surface area contributed by atoms with Crippen molar-refractivity contribution in [2.45, 2.75) is 25.7 Å². The Morgan fingerprint density at radius 3 is 2.79 bits per heavy atom. The highest BCUT2D eigenvalue weighted by Gasteiger charge is 2.16. The zero-order valence-electron chi connectivity index (χ0n) is 8.50. The van der Waals surface area contributed by atoms with Gasteiger partial charge in [0, 0.05) is 5.69 Å². The average molecular weight is 190 g/mol. The van der Waals surface area contributed by atoms with Gasteiger partial charge >= 0.3 is 0 Å². The highest BCUT2D eigenvalue weighted by atomic mass is 14.6. The molecule has 2 heteroatoms. The molecule has 14 heavy (non-hydrogen) atoms. The van der Waals surface area contributed by atoms with Gasteiger partial charge in [-0.25, -0.2) is 0 Å². The van der Waals surface area contributed by atoms with E-state index in [2.05, 4.69) is 12.1 Å². The molecule has 1 atom stereocenters. The van der Waals surface area contributed by atoms with Crippen LogP contribution in [0.4, 0.5) is 5.69 Å². The van der Waals surface area contributed by atoms with E-state index >= 15 is 0 Å². The molecule has 1 aromatic rings. The second kappa shape index (κ2) is 4.01. The Morgan fingerprint density at radius 2 is 2.00 bits per heavy atom. The topological polar surface area (TPSA) is 52.0 Å². The van der Waals surface area contributed by atoms with Gasteiger partial charge in [-0.05, 0) is 55.3 Å². The largest absolute Gasteiger partial charge is 0.398 e. The summed E-state index contributed by atoms with van der Waals surface area (Å²) < 4.78 is 0. The van der Waals surface area contributed by atoms with Gasteiger partial charge in [0.2, 0.25) is 0 Å². The fourth-order valence-electron chi connectivity index (χ4n) is 2.28. The molecule has 2 rings (SSSR count). The predicted octanol–water partition coefficient (Wildman–Crippen LogP) is 1.72. The Morgan fingerprint density at radius 1 is 1.21 bits per heavy atom. The van der Waals surface area contributed by atoms with Crippen LogP contribution in [0.25, 0.3) is 0 Å². The fourth-order valence-corrected chi connectivity index (χ4v) is 2.28. The third kappa shape index (κ3) is 1.75. The molecule has 76 valence electrons. The number of rotatable bonds is 1. The normalized spacial score (nSPS) is 21.4. The molecule has 0 radical (unpaired) electrons. The molecule has 0 aliphatic heterocycles. The lowest BCUT2D eigenvalue weighted by molar-refractivity contribution is 0.476. The maximum Gasteiger partial charge on any atom is 0.0349 e. The van der Waals surface area contributed by atoms with E-state index in [1.54, 1.807) is 0 Å². The molecule has 0 heterocycles. The summed E-state index contributed by atoms with van der Waals surface area (Å²) in [6, 6.07) is 6.25. The molecule has 0 saturated heterocycles. The van der Waals surface area contributed by atoms with Crippen molar-refractivity contribution in [2.24, 2.45) is 11.7 Å². The first-order valence-electron chi connectivity index (χ1n) is 5.37. The van der Waals surface area contributed by atoms with Crippen molar-refractivity contribution in [3.63, 3.8) is 0 Å². The van der Waals surface area contributed by atoms with Gasteiger partial charge in [-0.2, -0.15) is 0 Å². The molecule has 4 N–H and O–H groups in total. The minimum absolute atomic E-state index is 0.682. The van der Waals surface area contributed by atoms with Gasteiger partial charge in [0.05, 0.1) is 0 Å². The molecular formula is C12H18N2. The summed E-state index contributed by atoms with van der Waals surface area (Å²) >= 11 is 0. The van der Waals surface area contributed by atoms with Gasteiger partial charge in [-0.3, -0.25) is 0 Å². The summed E-state index contributed by atoms with van der Waals surface area (Å²) in [7, 11) is 0. The molecule has 2 nitrogen and oxygen atoms in total. The maximum absolute atomic E-state index is 5.97. The summed E-state index contributed by atoms with van der Waals surface area (Å²) in [4.78, 5) is 0. The number of anilines is 1. The van der Waals surface area contributed by atoms with Gasteiger partial charge in [0.1, 0.15) is 0 Å². The van der Waals surface area contributed by atoms with E-state index in [0.717, 1.165) is 25.1 Å². The van der Waals surface area contributed by atoms with Crippen LogP contribution in [-0.2, 0) is 12.8 Å². The van der Waals surface area contributed by atoms with Crippen molar-refractivity contribution in [3.05, 3.63) is 29.3 Å². The second-order valence-electron chi connectivity index (χ2n) is 4.16. The lowest BCUT2D eigenvalue weighted by atomic mass is 10.00. The molecule has 0 spiro atoms. The molecule has 1 unspecified atom stereocenters. The number of fused-ring (bicyclic) bond motifs is 1. The lowest BCUT2D eigenvalue weighted by Crippen LogP contribution is -2.14. The smallest absolute Gasteiger partial charge is 0.0349 e. The first-order chi connectivity index (χ1) is 6.81. The Balaban J connectivity index is 2.25. The molecule has 1 aliphatic rings. The van der Waals surface area contributed by atoms with Crippen molar-refractivity contribution < 1.29 is 0 Å².